The first-order valence-corrected chi connectivity index (χ1v) is 7.15. The molecule has 0 radical (unpaired) electrons. The lowest BCUT2D eigenvalue weighted by Crippen LogP contribution is -2.17. The Bertz CT molecular complexity index is 867. The maximum atomic E-state index is 11.6. The fourth-order valence-corrected chi connectivity index (χ4v) is 2.12. The van der Waals surface area contributed by atoms with Gasteiger partial charge in [0.2, 0.25) is 5.95 Å². The number of nitrogens with two attached hydrogens (primary N) is 1. The van der Waals surface area contributed by atoms with Crippen molar-refractivity contribution in [3.05, 3.63) is 42.1 Å². The van der Waals surface area contributed by atoms with Crippen molar-refractivity contribution in [2.24, 2.45) is 19.8 Å². The average Bonchev–Trinajstić information content (AvgIpc) is 3.13. The van der Waals surface area contributed by atoms with Crippen molar-refractivity contribution in [3.8, 4) is 0 Å². The van der Waals surface area contributed by atoms with Crippen molar-refractivity contribution in [1.29, 1.82) is 0 Å². The van der Waals surface area contributed by atoms with E-state index in [0.717, 1.165) is 11.3 Å². The molecule has 0 saturated heterocycles. The highest BCUT2D eigenvalue weighted by atomic mass is 16.1. The molecule has 10 nitrogen and oxygen atoms in total. The second-order valence-electron chi connectivity index (χ2n) is 5.22. The smallest absolute Gasteiger partial charge is 0.254 e. The lowest BCUT2D eigenvalue weighted by atomic mass is 10.3. The Kier molecular flexibility index (Phi) is 4.10. The normalized spacial score (nSPS) is 10.6. The van der Waals surface area contributed by atoms with E-state index in [4.69, 9.17) is 5.73 Å². The summed E-state index contributed by atoms with van der Waals surface area (Å²) in [6.07, 6.45) is 8.42. The third-order valence-electron chi connectivity index (χ3n) is 3.23. The second-order valence-corrected chi connectivity index (χ2v) is 5.22. The van der Waals surface area contributed by atoms with Crippen LogP contribution in [0.1, 0.15) is 15.9 Å². The highest BCUT2D eigenvalue weighted by Crippen LogP contribution is 2.17. The molecule has 10 heteroatoms. The summed E-state index contributed by atoms with van der Waals surface area (Å²) in [6, 6.07) is 0. The number of nitrogens with one attached hydrogen (secondary N) is 2. The summed E-state index contributed by atoms with van der Waals surface area (Å²) in [7, 11) is 3.64. The SMILES string of the molecule is Cn1cc(CNc2nc(Nc3cnn(C)c3)ncc2C(N)=O)cn1. The summed E-state index contributed by atoms with van der Waals surface area (Å²) >= 11 is 0. The lowest BCUT2D eigenvalue weighted by Gasteiger charge is -2.10. The number of amides is 1. The van der Waals surface area contributed by atoms with E-state index in [1.54, 1.807) is 28.0 Å². The summed E-state index contributed by atoms with van der Waals surface area (Å²) in [5, 5.41) is 14.3. The minimum Gasteiger partial charge on any atom is -0.365 e. The third kappa shape index (κ3) is 3.48. The minimum absolute atomic E-state index is 0.218. The fraction of sp³-hybridized carbons (Fsp3) is 0.214. The predicted octanol–water partition coefficient (Wildman–Crippen LogP) is 0.398. The number of aryl methyl sites for hydroxylation is 2. The Labute approximate surface area is 137 Å². The van der Waals surface area contributed by atoms with Crippen LogP contribution in [-0.4, -0.2) is 35.4 Å². The number of carbonyl (C=O) groups excluding carboxylic acids is 1. The number of hydrogen-bond donors (Lipinski definition) is 3. The molecular formula is C14H17N9O. The highest BCUT2D eigenvalue weighted by Gasteiger charge is 2.13. The standard InChI is InChI=1S/C14H17N9O/c1-22-7-9(4-18-22)3-16-13-11(12(15)24)6-17-14(21-13)20-10-5-19-23(2)8-10/h4-8H,3H2,1-2H3,(H2,15,24)(H2,16,17,20,21). The molecule has 0 bridgehead atoms. The van der Waals surface area contributed by atoms with Crippen molar-refractivity contribution in [2.45, 2.75) is 6.54 Å². The quantitative estimate of drug-likeness (QED) is 0.597. The predicted molar refractivity (Wildman–Crippen MR) is 87.6 cm³/mol. The zero-order valence-electron chi connectivity index (χ0n) is 13.3. The van der Waals surface area contributed by atoms with Gasteiger partial charge in [-0.3, -0.25) is 14.2 Å². The molecule has 0 saturated carbocycles. The first-order valence-electron chi connectivity index (χ1n) is 7.15. The van der Waals surface area contributed by atoms with Crippen LogP contribution in [0.3, 0.4) is 0 Å². The van der Waals surface area contributed by atoms with Gasteiger partial charge in [0.15, 0.2) is 0 Å². The summed E-state index contributed by atoms with van der Waals surface area (Å²) in [5.74, 6) is 0.0889. The molecule has 3 heterocycles. The van der Waals surface area contributed by atoms with Gasteiger partial charge in [-0.25, -0.2) is 4.98 Å². The van der Waals surface area contributed by atoms with Gasteiger partial charge in [-0.15, -0.1) is 0 Å². The number of anilines is 3. The molecule has 3 aromatic heterocycles. The topological polar surface area (TPSA) is 129 Å². The van der Waals surface area contributed by atoms with Crippen LogP contribution in [-0.2, 0) is 20.6 Å². The number of hydrogen-bond acceptors (Lipinski definition) is 7. The van der Waals surface area contributed by atoms with Crippen LogP contribution in [0.15, 0.2) is 31.0 Å². The summed E-state index contributed by atoms with van der Waals surface area (Å²) in [6.45, 7) is 0.456. The van der Waals surface area contributed by atoms with Crippen molar-refractivity contribution in [2.75, 3.05) is 10.6 Å². The maximum absolute atomic E-state index is 11.6. The molecule has 124 valence electrons. The van der Waals surface area contributed by atoms with Crippen LogP contribution in [0.25, 0.3) is 0 Å². The Morgan fingerprint density at radius 3 is 2.54 bits per heavy atom. The van der Waals surface area contributed by atoms with E-state index in [1.165, 1.54) is 6.20 Å². The molecule has 0 unspecified atom stereocenters. The van der Waals surface area contributed by atoms with Gasteiger partial charge in [0.1, 0.15) is 5.82 Å². The van der Waals surface area contributed by atoms with Crippen LogP contribution in [0.5, 0.6) is 0 Å². The van der Waals surface area contributed by atoms with Crippen molar-refractivity contribution in [1.82, 2.24) is 29.5 Å². The van der Waals surface area contributed by atoms with E-state index < -0.39 is 5.91 Å². The molecule has 1 amide bonds. The lowest BCUT2D eigenvalue weighted by molar-refractivity contribution is 0.100. The van der Waals surface area contributed by atoms with Gasteiger partial charge in [0, 0.05) is 44.8 Å². The zero-order valence-corrected chi connectivity index (χ0v) is 13.3. The van der Waals surface area contributed by atoms with E-state index in [9.17, 15) is 4.79 Å². The Hall–Kier alpha value is -3.43. The molecule has 0 atom stereocenters. The minimum atomic E-state index is -0.600. The van der Waals surface area contributed by atoms with E-state index >= 15 is 0 Å². The number of rotatable bonds is 6. The second kappa shape index (κ2) is 6.36. The Morgan fingerprint density at radius 2 is 1.92 bits per heavy atom. The third-order valence-corrected chi connectivity index (χ3v) is 3.23. The van der Waals surface area contributed by atoms with Gasteiger partial charge in [-0.05, 0) is 0 Å². The number of primary amides is 1. The van der Waals surface area contributed by atoms with Crippen LogP contribution < -0.4 is 16.4 Å². The van der Waals surface area contributed by atoms with Crippen LogP contribution >= 0.6 is 0 Å². The van der Waals surface area contributed by atoms with Crippen LogP contribution in [0, 0.1) is 0 Å². The van der Waals surface area contributed by atoms with Gasteiger partial charge < -0.3 is 16.4 Å². The molecule has 3 rings (SSSR count). The molecule has 0 spiro atoms. The van der Waals surface area contributed by atoms with E-state index in [2.05, 4.69) is 30.8 Å². The van der Waals surface area contributed by atoms with Gasteiger partial charge in [-0.1, -0.05) is 0 Å². The van der Waals surface area contributed by atoms with Gasteiger partial charge >= 0.3 is 0 Å². The van der Waals surface area contributed by atoms with Crippen molar-refractivity contribution < 1.29 is 4.79 Å². The molecule has 0 aliphatic carbocycles. The molecule has 0 aliphatic heterocycles. The molecule has 0 aliphatic rings. The summed E-state index contributed by atoms with van der Waals surface area (Å²) < 4.78 is 3.35. The van der Waals surface area contributed by atoms with Crippen LogP contribution in [0.4, 0.5) is 17.5 Å². The molecule has 0 aromatic carbocycles. The monoisotopic (exact) mass is 327 g/mol. The van der Waals surface area contributed by atoms with E-state index in [0.29, 0.717) is 18.3 Å². The van der Waals surface area contributed by atoms with Crippen LogP contribution in [0.2, 0.25) is 0 Å². The number of nitrogens with zero attached hydrogens (tertiary/aromatic N) is 6. The molecule has 3 aromatic rings. The Balaban J connectivity index is 1.81. The molecule has 24 heavy (non-hydrogen) atoms. The largest absolute Gasteiger partial charge is 0.365 e. The fourth-order valence-electron chi connectivity index (χ4n) is 2.12. The zero-order chi connectivity index (χ0) is 17.1. The molecule has 4 N–H and O–H groups in total. The molecular weight excluding hydrogens is 310 g/mol. The first kappa shape index (κ1) is 15.5. The summed E-state index contributed by atoms with van der Waals surface area (Å²) in [4.78, 5) is 20.0. The first-order chi connectivity index (χ1) is 11.5. The number of carbonyl (C=O) groups is 1. The Morgan fingerprint density at radius 1 is 1.17 bits per heavy atom. The highest BCUT2D eigenvalue weighted by molar-refractivity contribution is 5.97. The maximum Gasteiger partial charge on any atom is 0.254 e. The number of aromatic nitrogens is 6. The van der Waals surface area contributed by atoms with E-state index in [-0.39, 0.29) is 5.56 Å². The average molecular weight is 327 g/mol. The van der Waals surface area contributed by atoms with Crippen molar-refractivity contribution in [3.63, 3.8) is 0 Å². The van der Waals surface area contributed by atoms with Gasteiger partial charge in [0.05, 0.1) is 23.6 Å². The van der Waals surface area contributed by atoms with Crippen molar-refractivity contribution >= 4 is 23.4 Å². The van der Waals surface area contributed by atoms with Gasteiger partial charge in [-0.2, -0.15) is 15.2 Å². The van der Waals surface area contributed by atoms with E-state index in [1.807, 2.05) is 20.3 Å². The van der Waals surface area contributed by atoms with Gasteiger partial charge in [0.25, 0.3) is 5.91 Å². The molecule has 0 fully saturated rings. The summed E-state index contributed by atoms with van der Waals surface area (Å²) in [5.41, 5.74) is 7.29.